The minimum absolute atomic E-state index is 0.0426. The second-order valence-electron chi connectivity index (χ2n) is 7.08. The number of benzene rings is 1. The Hall–Kier alpha value is -1.92. The number of carbonyl (C=O) groups is 1. The van der Waals surface area contributed by atoms with Crippen molar-refractivity contribution in [3.63, 3.8) is 0 Å². The first-order valence-corrected chi connectivity index (χ1v) is 10.2. The van der Waals surface area contributed by atoms with Gasteiger partial charge in [-0.05, 0) is 32.6 Å². The Morgan fingerprint density at radius 2 is 2.04 bits per heavy atom. The molecule has 26 heavy (non-hydrogen) atoms. The van der Waals surface area contributed by atoms with E-state index in [0.717, 1.165) is 48.9 Å². The summed E-state index contributed by atoms with van der Waals surface area (Å²) in [6.07, 6.45) is 4.63. The van der Waals surface area contributed by atoms with Crippen LogP contribution in [0.5, 0.6) is 0 Å². The SMILES string of the molecule is Cc1ccc(-c2nc(N3CCCC3)sc2C(=O)NCC2CCCO2)cc1. The minimum atomic E-state index is -0.0426. The van der Waals surface area contributed by atoms with Gasteiger partial charge in [0.05, 0.1) is 11.8 Å². The number of anilines is 1. The van der Waals surface area contributed by atoms with Crippen molar-refractivity contribution < 1.29 is 9.53 Å². The Morgan fingerprint density at radius 1 is 1.27 bits per heavy atom. The molecule has 0 saturated carbocycles. The van der Waals surface area contributed by atoms with E-state index < -0.39 is 0 Å². The minimum Gasteiger partial charge on any atom is -0.376 e. The number of hydrogen-bond acceptors (Lipinski definition) is 5. The first kappa shape index (κ1) is 17.5. The maximum Gasteiger partial charge on any atom is 0.263 e. The van der Waals surface area contributed by atoms with Crippen LogP contribution in [-0.2, 0) is 4.74 Å². The molecule has 4 rings (SSSR count). The maximum atomic E-state index is 12.9. The first-order chi connectivity index (χ1) is 12.7. The van der Waals surface area contributed by atoms with Crippen molar-refractivity contribution in [3.8, 4) is 11.3 Å². The van der Waals surface area contributed by atoms with Crippen LogP contribution >= 0.6 is 11.3 Å². The Labute approximate surface area is 158 Å². The molecule has 1 aromatic carbocycles. The monoisotopic (exact) mass is 371 g/mol. The van der Waals surface area contributed by atoms with Crippen LogP contribution in [-0.4, -0.2) is 43.2 Å². The summed E-state index contributed by atoms with van der Waals surface area (Å²) in [5.74, 6) is -0.0426. The molecule has 2 aromatic rings. The van der Waals surface area contributed by atoms with Gasteiger partial charge in [-0.25, -0.2) is 4.98 Å². The fourth-order valence-electron chi connectivity index (χ4n) is 3.51. The Morgan fingerprint density at radius 3 is 2.73 bits per heavy atom. The van der Waals surface area contributed by atoms with E-state index in [1.807, 2.05) is 0 Å². The zero-order chi connectivity index (χ0) is 17.9. The molecule has 2 aliphatic rings. The zero-order valence-electron chi connectivity index (χ0n) is 15.2. The number of aryl methyl sites for hydroxylation is 1. The third-order valence-electron chi connectivity index (χ3n) is 5.04. The van der Waals surface area contributed by atoms with E-state index >= 15 is 0 Å². The van der Waals surface area contributed by atoms with Crippen molar-refractivity contribution >= 4 is 22.4 Å². The number of rotatable bonds is 5. The molecule has 138 valence electrons. The molecule has 0 spiro atoms. The first-order valence-electron chi connectivity index (χ1n) is 9.43. The van der Waals surface area contributed by atoms with Crippen molar-refractivity contribution in [2.75, 3.05) is 31.1 Å². The van der Waals surface area contributed by atoms with Gasteiger partial charge in [0, 0.05) is 31.8 Å². The van der Waals surface area contributed by atoms with Gasteiger partial charge in [0.15, 0.2) is 5.13 Å². The standard InChI is InChI=1S/C20H25N3O2S/c1-14-6-8-15(9-7-14)17-18(19(24)21-13-16-5-4-12-25-16)26-20(22-17)23-10-2-3-11-23/h6-9,16H,2-5,10-13H2,1H3,(H,21,24). The summed E-state index contributed by atoms with van der Waals surface area (Å²) in [7, 11) is 0. The number of nitrogens with one attached hydrogen (secondary N) is 1. The predicted molar refractivity (Wildman–Crippen MR) is 105 cm³/mol. The van der Waals surface area contributed by atoms with Gasteiger partial charge in [0.25, 0.3) is 5.91 Å². The predicted octanol–water partition coefficient (Wildman–Crippen LogP) is 3.63. The van der Waals surface area contributed by atoms with Gasteiger partial charge in [-0.2, -0.15) is 0 Å². The second kappa shape index (κ2) is 7.76. The van der Waals surface area contributed by atoms with Crippen molar-refractivity contribution in [3.05, 3.63) is 34.7 Å². The summed E-state index contributed by atoms with van der Waals surface area (Å²) < 4.78 is 5.62. The van der Waals surface area contributed by atoms with Gasteiger partial charge in [0.1, 0.15) is 4.88 Å². The summed E-state index contributed by atoms with van der Waals surface area (Å²) >= 11 is 1.51. The molecule has 1 aromatic heterocycles. The molecular formula is C20H25N3O2S. The average molecular weight is 372 g/mol. The molecule has 1 unspecified atom stereocenters. The smallest absolute Gasteiger partial charge is 0.263 e. The van der Waals surface area contributed by atoms with Gasteiger partial charge < -0.3 is 15.0 Å². The lowest BCUT2D eigenvalue weighted by Gasteiger charge is -2.12. The van der Waals surface area contributed by atoms with E-state index in [4.69, 9.17) is 9.72 Å². The molecule has 5 nitrogen and oxygen atoms in total. The van der Waals surface area contributed by atoms with Crippen molar-refractivity contribution in [1.29, 1.82) is 0 Å². The van der Waals surface area contributed by atoms with Gasteiger partial charge in [-0.3, -0.25) is 4.79 Å². The van der Waals surface area contributed by atoms with Crippen LogP contribution in [0.2, 0.25) is 0 Å². The second-order valence-corrected chi connectivity index (χ2v) is 8.06. The number of amides is 1. The Bertz CT molecular complexity index is 760. The van der Waals surface area contributed by atoms with Gasteiger partial charge >= 0.3 is 0 Å². The lowest BCUT2D eigenvalue weighted by Crippen LogP contribution is -2.31. The molecule has 0 radical (unpaired) electrons. The highest BCUT2D eigenvalue weighted by Gasteiger charge is 2.25. The molecule has 2 saturated heterocycles. The molecule has 1 N–H and O–H groups in total. The lowest BCUT2D eigenvalue weighted by molar-refractivity contribution is 0.0861. The van der Waals surface area contributed by atoms with E-state index in [1.165, 1.54) is 29.7 Å². The van der Waals surface area contributed by atoms with Crippen LogP contribution in [0.25, 0.3) is 11.3 Å². The van der Waals surface area contributed by atoms with E-state index in [-0.39, 0.29) is 12.0 Å². The Kier molecular flexibility index (Phi) is 5.22. The Balaban J connectivity index is 1.59. The summed E-state index contributed by atoms with van der Waals surface area (Å²) in [5, 5.41) is 4.01. The van der Waals surface area contributed by atoms with E-state index in [0.29, 0.717) is 11.4 Å². The molecule has 0 aliphatic carbocycles. The van der Waals surface area contributed by atoms with Crippen LogP contribution in [0.15, 0.2) is 24.3 Å². The molecule has 6 heteroatoms. The topological polar surface area (TPSA) is 54.5 Å². The van der Waals surface area contributed by atoms with Gasteiger partial charge in [-0.15, -0.1) is 0 Å². The summed E-state index contributed by atoms with van der Waals surface area (Å²) in [6.45, 7) is 5.49. The zero-order valence-corrected chi connectivity index (χ0v) is 16.0. The molecule has 2 fully saturated rings. The third-order valence-corrected chi connectivity index (χ3v) is 6.15. The molecule has 2 aliphatic heterocycles. The average Bonchev–Trinajstić information content (AvgIpc) is 3.41. The van der Waals surface area contributed by atoms with Gasteiger partial charge in [-0.1, -0.05) is 41.2 Å². The third kappa shape index (κ3) is 3.76. The molecule has 1 amide bonds. The maximum absolute atomic E-state index is 12.9. The summed E-state index contributed by atoms with van der Waals surface area (Å²) in [4.78, 5) is 20.7. The number of aromatic nitrogens is 1. The number of nitrogens with zero attached hydrogens (tertiary/aromatic N) is 2. The number of hydrogen-bond donors (Lipinski definition) is 1. The van der Waals surface area contributed by atoms with E-state index in [2.05, 4.69) is 41.4 Å². The van der Waals surface area contributed by atoms with Crippen LogP contribution in [0, 0.1) is 6.92 Å². The highest BCUT2D eigenvalue weighted by atomic mass is 32.1. The number of ether oxygens (including phenoxy) is 1. The highest BCUT2D eigenvalue weighted by Crippen LogP contribution is 2.34. The van der Waals surface area contributed by atoms with Crippen molar-refractivity contribution in [1.82, 2.24) is 10.3 Å². The van der Waals surface area contributed by atoms with Crippen LogP contribution < -0.4 is 10.2 Å². The fourth-order valence-corrected chi connectivity index (χ4v) is 4.56. The van der Waals surface area contributed by atoms with Crippen LogP contribution in [0.4, 0.5) is 5.13 Å². The quantitative estimate of drug-likeness (QED) is 0.872. The highest BCUT2D eigenvalue weighted by molar-refractivity contribution is 7.18. The number of carbonyl (C=O) groups excluding carboxylic acids is 1. The lowest BCUT2D eigenvalue weighted by atomic mass is 10.1. The normalized spacial score (nSPS) is 19.9. The van der Waals surface area contributed by atoms with E-state index in [1.54, 1.807) is 0 Å². The van der Waals surface area contributed by atoms with Crippen LogP contribution in [0.3, 0.4) is 0 Å². The fraction of sp³-hybridized carbons (Fsp3) is 0.500. The number of thiazole rings is 1. The molecular weight excluding hydrogens is 346 g/mol. The summed E-state index contributed by atoms with van der Waals surface area (Å²) in [5.41, 5.74) is 2.99. The molecule has 3 heterocycles. The van der Waals surface area contributed by atoms with Gasteiger partial charge in [0.2, 0.25) is 0 Å². The molecule has 1 atom stereocenters. The largest absolute Gasteiger partial charge is 0.376 e. The van der Waals surface area contributed by atoms with Crippen molar-refractivity contribution in [2.24, 2.45) is 0 Å². The van der Waals surface area contributed by atoms with Crippen molar-refractivity contribution in [2.45, 2.75) is 38.7 Å². The summed E-state index contributed by atoms with van der Waals surface area (Å²) in [6, 6.07) is 8.24. The van der Waals surface area contributed by atoms with E-state index in [9.17, 15) is 4.79 Å². The van der Waals surface area contributed by atoms with Crippen LogP contribution in [0.1, 0.15) is 40.9 Å². The molecule has 0 bridgehead atoms.